The molecule has 1 heterocycles. The molecule has 1 aliphatic rings. The third kappa shape index (κ3) is 5.98. The number of rotatable bonds is 7. The van der Waals surface area contributed by atoms with Gasteiger partial charge < -0.3 is 15.4 Å². The lowest BCUT2D eigenvalue weighted by atomic mass is 9.83. The Morgan fingerprint density at radius 1 is 0.941 bits per heavy atom. The molecule has 0 bridgehead atoms. The molecular weight excluding hydrogens is 441 g/mol. The standard InChI is InChI=1S/C26H29F3N4O/c1-17(2)34-20-14-12-19(13-15-20)31-25-30-16-22(26(27,28)29)24(33-25)32-23-11-7-6-10-21(23)18-8-4-3-5-9-18/h6-7,10-18H,3-5,8-9H2,1-2H3,(H2,30,31,32,33). The van der Waals surface area contributed by atoms with Crippen LogP contribution < -0.4 is 15.4 Å². The summed E-state index contributed by atoms with van der Waals surface area (Å²) in [5.74, 6) is 0.838. The van der Waals surface area contributed by atoms with Crippen molar-refractivity contribution in [3.05, 3.63) is 65.9 Å². The van der Waals surface area contributed by atoms with E-state index in [4.69, 9.17) is 4.74 Å². The van der Waals surface area contributed by atoms with E-state index in [9.17, 15) is 13.2 Å². The summed E-state index contributed by atoms with van der Waals surface area (Å²) in [6.07, 6.45) is 1.83. The Morgan fingerprint density at radius 3 is 2.32 bits per heavy atom. The lowest BCUT2D eigenvalue weighted by Crippen LogP contribution is -2.14. The van der Waals surface area contributed by atoms with E-state index >= 15 is 0 Å². The van der Waals surface area contributed by atoms with E-state index in [1.165, 1.54) is 6.42 Å². The Balaban J connectivity index is 1.61. The second-order valence-corrected chi connectivity index (χ2v) is 8.82. The lowest BCUT2D eigenvalue weighted by Gasteiger charge is -2.25. The molecule has 0 unspecified atom stereocenters. The summed E-state index contributed by atoms with van der Waals surface area (Å²) in [4.78, 5) is 8.11. The van der Waals surface area contributed by atoms with Gasteiger partial charge in [0.1, 0.15) is 17.1 Å². The van der Waals surface area contributed by atoms with Gasteiger partial charge in [0.15, 0.2) is 0 Å². The first-order chi connectivity index (χ1) is 16.3. The Labute approximate surface area is 197 Å². The maximum absolute atomic E-state index is 13.8. The smallest absolute Gasteiger partial charge is 0.421 e. The number of nitrogens with one attached hydrogen (secondary N) is 2. The molecule has 8 heteroatoms. The van der Waals surface area contributed by atoms with Crippen LogP contribution in [0.4, 0.5) is 36.3 Å². The van der Waals surface area contributed by atoms with Gasteiger partial charge in [-0.2, -0.15) is 18.2 Å². The molecule has 3 aromatic rings. The fraction of sp³-hybridized carbons (Fsp3) is 0.385. The molecule has 0 spiro atoms. The highest BCUT2D eigenvalue weighted by Gasteiger charge is 2.35. The van der Waals surface area contributed by atoms with E-state index in [1.807, 2.05) is 38.1 Å². The molecular formula is C26H29F3N4O. The van der Waals surface area contributed by atoms with Crippen LogP contribution in [-0.4, -0.2) is 16.1 Å². The average molecular weight is 471 g/mol. The largest absolute Gasteiger partial charge is 0.491 e. The highest BCUT2D eigenvalue weighted by Crippen LogP contribution is 2.40. The van der Waals surface area contributed by atoms with Crippen molar-refractivity contribution in [1.29, 1.82) is 0 Å². The molecule has 0 atom stereocenters. The van der Waals surface area contributed by atoms with E-state index in [0.717, 1.165) is 37.4 Å². The molecule has 1 aliphatic carbocycles. The molecule has 5 nitrogen and oxygen atoms in total. The van der Waals surface area contributed by atoms with Gasteiger partial charge in [-0.05, 0) is 68.5 Å². The van der Waals surface area contributed by atoms with Gasteiger partial charge in [0.2, 0.25) is 5.95 Å². The van der Waals surface area contributed by atoms with Crippen molar-refractivity contribution in [3.8, 4) is 5.75 Å². The van der Waals surface area contributed by atoms with E-state index in [-0.39, 0.29) is 17.9 Å². The van der Waals surface area contributed by atoms with Crippen molar-refractivity contribution in [2.75, 3.05) is 10.6 Å². The average Bonchev–Trinajstić information content (AvgIpc) is 2.80. The van der Waals surface area contributed by atoms with Crippen LogP contribution in [0, 0.1) is 0 Å². The highest BCUT2D eigenvalue weighted by molar-refractivity contribution is 5.66. The van der Waals surface area contributed by atoms with Crippen LogP contribution in [-0.2, 0) is 6.18 Å². The van der Waals surface area contributed by atoms with E-state index in [1.54, 1.807) is 24.3 Å². The zero-order valence-electron chi connectivity index (χ0n) is 19.3. The first-order valence-electron chi connectivity index (χ1n) is 11.6. The Hall–Kier alpha value is -3.29. The zero-order chi connectivity index (χ0) is 24.1. The molecule has 4 rings (SSSR count). The van der Waals surface area contributed by atoms with Crippen molar-refractivity contribution < 1.29 is 17.9 Å². The Bertz CT molecular complexity index is 1090. The van der Waals surface area contributed by atoms with Crippen LogP contribution in [0.5, 0.6) is 5.75 Å². The number of benzene rings is 2. The normalized spacial score (nSPS) is 14.8. The monoisotopic (exact) mass is 470 g/mol. The third-order valence-electron chi connectivity index (χ3n) is 5.84. The molecule has 1 saturated carbocycles. The molecule has 180 valence electrons. The van der Waals surface area contributed by atoms with Crippen LogP contribution in [0.3, 0.4) is 0 Å². The fourth-order valence-corrected chi connectivity index (χ4v) is 4.27. The molecule has 0 amide bonds. The number of anilines is 4. The topological polar surface area (TPSA) is 59.1 Å². The predicted molar refractivity (Wildman–Crippen MR) is 128 cm³/mol. The quantitative estimate of drug-likeness (QED) is 0.369. The van der Waals surface area contributed by atoms with Crippen LogP contribution in [0.1, 0.15) is 63.0 Å². The molecule has 0 radical (unpaired) electrons. The number of para-hydroxylation sites is 1. The van der Waals surface area contributed by atoms with Gasteiger partial charge in [0, 0.05) is 17.6 Å². The van der Waals surface area contributed by atoms with Crippen LogP contribution >= 0.6 is 0 Å². The van der Waals surface area contributed by atoms with Crippen molar-refractivity contribution in [1.82, 2.24) is 9.97 Å². The number of hydrogen-bond donors (Lipinski definition) is 2. The van der Waals surface area contributed by atoms with Crippen LogP contribution in [0.15, 0.2) is 54.7 Å². The van der Waals surface area contributed by atoms with Crippen LogP contribution in [0.25, 0.3) is 0 Å². The molecule has 2 N–H and O–H groups in total. The maximum Gasteiger partial charge on any atom is 0.421 e. The Morgan fingerprint density at radius 2 is 1.65 bits per heavy atom. The van der Waals surface area contributed by atoms with E-state index in [0.29, 0.717) is 23.0 Å². The van der Waals surface area contributed by atoms with Gasteiger partial charge in [-0.1, -0.05) is 37.5 Å². The van der Waals surface area contributed by atoms with E-state index in [2.05, 4.69) is 20.6 Å². The minimum Gasteiger partial charge on any atom is -0.491 e. The summed E-state index contributed by atoms with van der Waals surface area (Å²) in [5.41, 5.74) is 1.42. The summed E-state index contributed by atoms with van der Waals surface area (Å²) < 4.78 is 46.9. The SMILES string of the molecule is CC(C)Oc1ccc(Nc2ncc(C(F)(F)F)c(Nc3ccccc3C3CCCCC3)n2)cc1. The minimum absolute atomic E-state index is 0.0437. The van der Waals surface area contributed by atoms with Crippen molar-refractivity contribution in [2.24, 2.45) is 0 Å². The summed E-state index contributed by atoms with van der Waals surface area (Å²) in [7, 11) is 0. The van der Waals surface area contributed by atoms with Gasteiger partial charge in [-0.3, -0.25) is 0 Å². The molecule has 1 aromatic heterocycles. The van der Waals surface area contributed by atoms with Gasteiger partial charge in [0.05, 0.1) is 6.10 Å². The first kappa shape index (κ1) is 23.9. The number of ether oxygens (including phenoxy) is 1. The Kier molecular flexibility index (Phi) is 7.24. The number of aromatic nitrogens is 2. The molecule has 1 fully saturated rings. The van der Waals surface area contributed by atoms with Crippen molar-refractivity contribution >= 4 is 23.1 Å². The summed E-state index contributed by atoms with van der Waals surface area (Å²) in [6, 6.07) is 14.7. The zero-order valence-corrected chi connectivity index (χ0v) is 19.3. The van der Waals surface area contributed by atoms with Gasteiger partial charge in [0.25, 0.3) is 0 Å². The number of alkyl halides is 3. The third-order valence-corrected chi connectivity index (χ3v) is 5.84. The molecule has 34 heavy (non-hydrogen) atoms. The van der Waals surface area contributed by atoms with Gasteiger partial charge in [-0.25, -0.2) is 4.98 Å². The number of halogens is 3. The molecule has 2 aromatic carbocycles. The summed E-state index contributed by atoms with van der Waals surface area (Å²) in [5, 5.41) is 5.95. The fourth-order valence-electron chi connectivity index (χ4n) is 4.27. The van der Waals surface area contributed by atoms with Crippen molar-refractivity contribution in [3.63, 3.8) is 0 Å². The number of nitrogens with zero attached hydrogens (tertiary/aromatic N) is 2. The van der Waals surface area contributed by atoms with E-state index < -0.39 is 11.7 Å². The molecule has 0 saturated heterocycles. The van der Waals surface area contributed by atoms with Gasteiger partial charge in [-0.15, -0.1) is 0 Å². The van der Waals surface area contributed by atoms with Crippen LogP contribution in [0.2, 0.25) is 0 Å². The second kappa shape index (κ2) is 10.3. The summed E-state index contributed by atoms with van der Waals surface area (Å²) >= 11 is 0. The minimum atomic E-state index is -4.59. The summed E-state index contributed by atoms with van der Waals surface area (Å²) in [6.45, 7) is 3.87. The van der Waals surface area contributed by atoms with Crippen molar-refractivity contribution in [2.45, 2.75) is 64.1 Å². The molecule has 0 aliphatic heterocycles. The van der Waals surface area contributed by atoms with Gasteiger partial charge >= 0.3 is 6.18 Å². The highest BCUT2D eigenvalue weighted by atomic mass is 19.4. The second-order valence-electron chi connectivity index (χ2n) is 8.82. The predicted octanol–water partition coefficient (Wildman–Crippen LogP) is 7.82. The first-order valence-corrected chi connectivity index (χ1v) is 11.6. The number of hydrogen-bond acceptors (Lipinski definition) is 5. The maximum atomic E-state index is 13.8. The lowest BCUT2D eigenvalue weighted by molar-refractivity contribution is -0.137.